The number of hydrogen-bond donors (Lipinski definition) is 1. The van der Waals surface area contributed by atoms with Crippen LogP contribution in [-0.2, 0) is 11.2 Å². The van der Waals surface area contributed by atoms with E-state index in [9.17, 15) is 4.39 Å². The van der Waals surface area contributed by atoms with Gasteiger partial charge in [0.2, 0.25) is 0 Å². The van der Waals surface area contributed by atoms with Crippen molar-refractivity contribution in [3.8, 4) is 5.75 Å². The fourth-order valence-electron chi connectivity index (χ4n) is 1.80. The highest BCUT2D eigenvalue weighted by molar-refractivity contribution is 5.32. The highest BCUT2D eigenvalue weighted by atomic mass is 19.1. The Labute approximate surface area is 102 Å². The van der Waals surface area contributed by atoms with Crippen LogP contribution in [0.2, 0.25) is 0 Å². The first-order valence-electron chi connectivity index (χ1n) is 5.65. The van der Waals surface area contributed by atoms with Crippen molar-refractivity contribution in [1.29, 1.82) is 0 Å². The zero-order chi connectivity index (χ0) is 12.9. The van der Waals surface area contributed by atoms with Crippen LogP contribution in [0.4, 0.5) is 4.39 Å². The molecule has 17 heavy (non-hydrogen) atoms. The van der Waals surface area contributed by atoms with Crippen LogP contribution in [-0.4, -0.2) is 26.4 Å². The lowest BCUT2D eigenvalue weighted by molar-refractivity contribution is 0.128. The predicted molar refractivity (Wildman–Crippen MR) is 65.7 cm³/mol. The Kier molecular flexibility index (Phi) is 4.90. The van der Waals surface area contributed by atoms with E-state index in [4.69, 9.17) is 15.2 Å². The van der Waals surface area contributed by atoms with Crippen LogP contribution in [0.3, 0.4) is 0 Å². The molecule has 0 radical (unpaired) electrons. The molecule has 0 saturated heterocycles. The molecule has 0 amide bonds. The molecular formula is C13H20FNO2. The molecule has 1 aromatic carbocycles. The van der Waals surface area contributed by atoms with E-state index < -0.39 is 5.54 Å². The van der Waals surface area contributed by atoms with E-state index in [1.807, 2.05) is 6.92 Å². The summed E-state index contributed by atoms with van der Waals surface area (Å²) in [6, 6.07) is 5.09. The van der Waals surface area contributed by atoms with E-state index in [2.05, 4.69) is 0 Å². The van der Waals surface area contributed by atoms with Gasteiger partial charge in [0.25, 0.3) is 0 Å². The minimum atomic E-state index is -0.540. The summed E-state index contributed by atoms with van der Waals surface area (Å²) in [6.45, 7) is 2.37. The highest BCUT2D eigenvalue weighted by Gasteiger charge is 2.25. The summed E-state index contributed by atoms with van der Waals surface area (Å²) in [4.78, 5) is 0. The molecule has 0 bridgehead atoms. The third-order valence-corrected chi connectivity index (χ3v) is 2.94. The molecule has 96 valence electrons. The van der Waals surface area contributed by atoms with Gasteiger partial charge in [-0.2, -0.15) is 0 Å². The van der Waals surface area contributed by atoms with Crippen molar-refractivity contribution in [1.82, 2.24) is 0 Å². The maximum absolute atomic E-state index is 14.0. The quantitative estimate of drug-likeness (QED) is 0.829. The summed E-state index contributed by atoms with van der Waals surface area (Å²) in [5.74, 6) is -0.0900. The van der Waals surface area contributed by atoms with Gasteiger partial charge in [0.15, 0.2) is 11.6 Å². The molecule has 3 nitrogen and oxygen atoms in total. The molecule has 2 N–H and O–H groups in total. The Morgan fingerprint density at radius 1 is 1.35 bits per heavy atom. The van der Waals surface area contributed by atoms with Crippen LogP contribution < -0.4 is 10.5 Å². The average Bonchev–Trinajstić information content (AvgIpc) is 2.32. The lowest BCUT2D eigenvalue weighted by Crippen LogP contribution is -2.46. The van der Waals surface area contributed by atoms with E-state index in [-0.39, 0.29) is 11.6 Å². The Balaban J connectivity index is 2.93. The summed E-state index contributed by atoms with van der Waals surface area (Å²) in [6.07, 6.45) is 1.15. The van der Waals surface area contributed by atoms with Crippen LogP contribution >= 0.6 is 0 Å². The number of halogens is 1. The number of methoxy groups -OCH3 is 2. The van der Waals surface area contributed by atoms with Crippen molar-refractivity contribution < 1.29 is 13.9 Å². The molecule has 0 saturated carbocycles. The second kappa shape index (κ2) is 5.98. The maximum atomic E-state index is 14.0. The Bertz CT molecular complexity index is 370. The van der Waals surface area contributed by atoms with Gasteiger partial charge in [0, 0.05) is 12.6 Å². The monoisotopic (exact) mass is 241 g/mol. The minimum absolute atomic E-state index is 0.248. The number of benzene rings is 1. The Morgan fingerprint density at radius 3 is 2.59 bits per heavy atom. The standard InChI is InChI=1S/C13H20FNO2/c1-4-13(15,9-16-2)8-10-6-5-7-11(17-3)12(10)14/h5-7H,4,8-9,15H2,1-3H3. The predicted octanol–water partition coefficient (Wildman–Crippen LogP) is 2.13. The highest BCUT2D eigenvalue weighted by Crippen LogP contribution is 2.24. The normalized spacial score (nSPS) is 14.4. The van der Waals surface area contributed by atoms with Gasteiger partial charge in [-0.25, -0.2) is 4.39 Å². The Hall–Kier alpha value is -1.13. The van der Waals surface area contributed by atoms with Crippen molar-refractivity contribution in [3.05, 3.63) is 29.6 Å². The van der Waals surface area contributed by atoms with E-state index in [0.717, 1.165) is 6.42 Å². The van der Waals surface area contributed by atoms with Crippen molar-refractivity contribution in [3.63, 3.8) is 0 Å². The van der Waals surface area contributed by atoms with Crippen molar-refractivity contribution >= 4 is 0 Å². The van der Waals surface area contributed by atoms with Gasteiger partial charge in [-0.3, -0.25) is 0 Å². The lowest BCUT2D eigenvalue weighted by atomic mass is 9.90. The van der Waals surface area contributed by atoms with Gasteiger partial charge in [-0.15, -0.1) is 0 Å². The molecule has 0 aromatic heterocycles. The SMILES string of the molecule is CCC(N)(COC)Cc1cccc(OC)c1F. The van der Waals surface area contributed by atoms with E-state index in [1.165, 1.54) is 7.11 Å². The van der Waals surface area contributed by atoms with E-state index >= 15 is 0 Å². The minimum Gasteiger partial charge on any atom is -0.494 e. The van der Waals surface area contributed by atoms with Crippen molar-refractivity contribution in [2.24, 2.45) is 5.73 Å². The van der Waals surface area contributed by atoms with Gasteiger partial charge >= 0.3 is 0 Å². The number of nitrogens with two attached hydrogens (primary N) is 1. The smallest absolute Gasteiger partial charge is 0.168 e. The van der Waals surface area contributed by atoms with Gasteiger partial charge < -0.3 is 15.2 Å². The van der Waals surface area contributed by atoms with E-state index in [0.29, 0.717) is 18.6 Å². The molecule has 0 spiro atoms. The fourth-order valence-corrected chi connectivity index (χ4v) is 1.80. The average molecular weight is 241 g/mol. The number of rotatable bonds is 6. The van der Waals surface area contributed by atoms with Crippen molar-refractivity contribution in [2.45, 2.75) is 25.3 Å². The third kappa shape index (κ3) is 3.41. The van der Waals surface area contributed by atoms with Crippen molar-refractivity contribution in [2.75, 3.05) is 20.8 Å². The summed E-state index contributed by atoms with van der Waals surface area (Å²) < 4.78 is 24.0. The van der Waals surface area contributed by atoms with Gasteiger partial charge in [0.1, 0.15) is 0 Å². The molecule has 1 aromatic rings. The van der Waals surface area contributed by atoms with Gasteiger partial charge in [0.05, 0.1) is 13.7 Å². The van der Waals surface area contributed by atoms with Gasteiger partial charge in [-0.1, -0.05) is 19.1 Å². The van der Waals surface area contributed by atoms with Gasteiger partial charge in [-0.05, 0) is 24.5 Å². The Morgan fingerprint density at radius 2 is 2.06 bits per heavy atom. The molecule has 1 unspecified atom stereocenters. The first-order chi connectivity index (χ1) is 8.06. The number of ether oxygens (including phenoxy) is 2. The van der Waals surface area contributed by atoms with Crippen LogP contribution in [0.1, 0.15) is 18.9 Å². The first-order valence-corrected chi connectivity index (χ1v) is 5.65. The van der Waals surface area contributed by atoms with Crippen LogP contribution in [0.25, 0.3) is 0 Å². The van der Waals surface area contributed by atoms with Crippen LogP contribution in [0.15, 0.2) is 18.2 Å². The zero-order valence-corrected chi connectivity index (χ0v) is 10.6. The maximum Gasteiger partial charge on any atom is 0.168 e. The zero-order valence-electron chi connectivity index (χ0n) is 10.6. The fraction of sp³-hybridized carbons (Fsp3) is 0.538. The molecule has 4 heteroatoms. The second-order valence-electron chi connectivity index (χ2n) is 4.26. The molecule has 1 rings (SSSR count). The molecular weight excluding hydrogens is 221 g/mol. The molecule has 0 aliphatic rings. The molecule has 0 heterocycles. The first kappa shape index (κ1) is 13.9. The second-order valence-corrected chi connectivity index (χ2v) is 4.26. The topological polar surface area (TPSA) is 44.5 Å². The van der Waals surface area contributed by atoms with Crippen LogP contribution in [0, 0.1) is 5.82 Å². The summed E-state index contributed by atoms with van der Waals surface area (Å²) >= 11 is 0. The number of hydrogen-bond acceptors (Lipinski definition) is 3. The third-order valence-electron chi connectivity index (χ3n) is 2.94. The molecule has 0 aliphatic heterocycles. The van der Waals surface area contributed by atoms with Crippen LogP contribution in [0.5, 0.6) is 5.75 Å². The largest absolute Gasteiger partial charge is 0.494 e. The molecule has 0 aliphatic carbocycles. The lowest BCUT2D eigenvalue weighted by Gasteiger charge is -2.27. The summed E-state index contributed by atoms with van der Waals surface area (Å²) in [5, 5.41) is 0. The molecule has 1 atom stereocenters. The summed E-state index contributed by atoms with van der Waals surface area (Å²) in [5.41, 5.74) is 6.19. The van der Waals surface area contributed by atoms with E-state index in [1.54, 1.807) is 25.3 Å². The molecule has 0 fully saturated rings. The summed E-state index contributed by atoms with van der Waals surface area (Å²) in [7, 11) is 3.05.